The zero-order valence-corrected chi connectivity index (χ0v) is 6.79. The minimum absolute atomic E-state index is 0.768. The Kier molecular flexibility index (Phi) is 5.56. The molecule has 0 aliphatic rings. The van der Waals surface area contributed by atoms with Crippen LogP contribution in [0.5, 0.6) is 0 Å². The van der Waals surface area contributed by atoms with Crippen LogP contribution in [0.1, 0.15) is 19.8 Å². The molecular formula is C8H12S. The fourth-order valence-electron chi connectivity index (χ4n) is 0.545. The number of terminal acetylenes is 1. The van der Waals surface area contributed by atoms with Gasteiger partial charge in [-0.1, -0.05) is 13.0 Å². The lowest BCUT2D eigenvalue weighted by Crippen LogP contribution is -1.70. The van der Waals surface area contributed by atoms with Gasteiger partial charge in [0.2, 0.25) is 0 Å². The molecular weight excluding hydrogens is 128 g/mol. The van der Waals surface area contributed by atoms with Crippen molar-refractivity contribution in [1.29, 1.82) is 0 Å². The smallest absolute Gasteiger partial charge is 0.0277 e. The third-order valence-electron chi connectivity index (χ3n) is 1.06. The van der Waals surface area contributed by atoms with Crippen molar-refractivity contribution in [3.63, 3.8) is 0 Å². The minimum atomic E-state index is 0.768. The Bertz CT molecular complexity index is 122. The van der Waals surface area contributed by atoms with Gasteiger partial charge in [-0.05, 0) is 17.6 Å². The first kappa shape index (κ1) is 8.65. The normalized spacial score (nSPS) is 11.0. The van der Waals surface area contributed by atoms with Crippen LogP contribution in [0.15, 0.2) is 11.0 Å². The number of rotatable bonds is 3. The molecule has 0 aliphatic carbocycles. The molecule has 0 aromatic rings. The maximum absolute atomic E-state index is 5.08. The van der Waals surface area contributed by atoms with Crippen molar-refractivity contribution in [2.45, 2.75) is 19.8 Å². The molecule has 0 aromatic heterocycles. The summed E-state index contributed by atoms with van der Waals surface area (Å²) in [6.45, 7) is 2.14. The van der Waals surface area contributed by atoms with E-state index in [1.807, 2.05) is 0 Å². The summed E-state index contributed by atoms with van der Waals surface area (Å²) in [5.41, 5.74) is 0. The fourth-order valence-corrected chi connectivity index (χ4v) is 1.08. The third-order valence-corrected chi connectivity index (χ3v) is 2.04. The molecule has 0 amide bonds. The lowest BCUT2D eigenvalue weighted by Gasteiger charge is -1.94. The van der Waals surface area contributed by atoms with Gasteiger partial charge in [0.25, 0.3) is 0 Å². The van der Waals surface area contributed by atoms with E-state index >= 15 is 0 Å². The van der Waals surface area contributed by atoms with Crippen molar-refractivity contribution in [3.05, 3.63) is 11.0 Å². The standard InChI is InChI=1S/C8H12S/c1-4-6-7-8(5-2)9-3/h1,7H,5-6H2,2-3H3/b8-7-. The van der Waals surface area contributed by atoms with Crippen LogP contribution in [-0.2, 0) is 0 Å². The van der Waals surface area contributed by atoms with Crippen LogP contribution in [0.4, 0.5) is 0 Å². The Morgan fingerprint density at radius 2 is 2.44 bits per heavy atom. The van der Waals surface area contributed by atoms with Gasteiger partial charge in [0.15, 0.2) is 0 Å². The van der Waals surface area contributed by atoms with Crippen molar-refractivity contribution in [2.24, 2.45) is 0 Å². The summed E-state index contributed by atoms with van der Waals surface area (Å²) in [4.78, 5) is 1.38. The Morgan fingerprint density at radius 3 is 2.78 bits per heavy atom. The Labute approximate surface area is 61.7 Å². The first-order valence-corrected chi connectivity index (χ1v) is 4.24. The van der Waals surface area contributed by atoms with Crippen molar-refractivity contribution >= 4 is 11.8 Å². The molecule has 0 saturated heterocycles. The van der Waals surface area contributed by atoms with Gasteiger partial charge in [0.1, 0.15) is 0 Å². The molecule has 0 bridgehead atoms. The first-order chi connectivity index (χ1) is 4.35. The van der Waals surface area contributed by atoms with Crippen molar-refractivity contribution in [1.82, 2.24) is 0 Å². The van der Waals surface area contributed by atoms with Crippen LogP contribution >= 0.6 is 11.8 Å². The lowest BCUT2D eigenvalue weighted by molar-refractivity contribution is 1.18. The van der Waals surface area contributed by atoms with Gasteiger partial charge >= 0.3 is 0 Å². The van der Waals surface area contributed by atoms with E-state index in [2.05, 4.69) is 25.2 Å². The molecule has 0 atom stereocenters. The molecule has 0 spiro atoms. The molecule has 0 fully saturated rings. The molecule has 0 aliphatic heterocycles. The van der Waals surface area contributed by atoms with Gasteiger partial charge in [0, 0.05) is 6.42 Å². The number of hydrogen-bond donors (Lipinski definition) is 0. The van der Waals surface area contributed by atoms with Gasteiger partial charge in [-0.25, -0.2) is 0 Å². The fraction of sp³-hybridized carbons (Fsp3) is 0.500. The molecule has 0 heterocycles. The van der Waals surface area contributed by atoms with Crippen LogP contribution in [0.3, 0.4) is 0 Å². The van der Waals surface area contributed by atoms with E-state index in [0.717, 1.165) is 12.8 Å². The summed E-state index contributed by atoms with van der Waals surface area (Å²) in [5, 5.41) is 0. The van der Waals surface area contributed by atoms with Crippen LogP contribution in [-0.4, -0.2) is 6.26 Å². The van der Waals surface area contributed by atoms with E-state index in [4.69, 9.17) is 6.42 Å². The summed E-state index contributed by atoms with van der Waals surface area (Å²) < 4.78 is 0. The number of thioether (sulfide) groups is 1. The molecule has 0 unspecified atom stereocenters. The van der Waals surface area contributed by atoms with Crippen molar-refractivity contribution < 1.29 is 0 Å². The third kappa shape index (κ3) is 4.17. The van der Waals surface area contributed by atoms with Gasteiger partial charge in [-0.15, -0.1) is 24.1 Å². The van der Waals surface area contributed by atoms with E-state index < -0.39 is 0 Å². The number of hydrogen-bond acceptors (Lipinski definition) is 1. The lowest BCUT2D eigenvalue weighted by atomic mass is 10.3. The molecule has 0 nitrogen and oxygen atoms in total. The zero-order chi connectivity index (χ0) is 7.11. The van der Waals surface area contributed by atoms with Gasteiger partial charge in [-0.2, -0.15) is 0 Å². The van der Waals surface area contributed by atoms with Gasteiger partial charge in [-0.3, -0.25) is 0 Å². The number of allylic oxidation sites excluding steroid dienone is 2. The first-order valence-electron chi connectivity index (χ1n) is 3.01. The SMILES string of the molecule is C#CC/C=C(/CC)SC. The summed E-state index contributed by atoms with van der Waals surface area (Å²) in [6, 6.07) is 0. The Balaban J connectivity index is 3.64. The van der Waals surface area contributed by atoms with Crippen LogP contribution in [0, 0.1) is 12.3 Å². The molecule has 0 saturated carbocycles. The maximum atomic E-state index is 5.08. The van der Waals surface area contributed by atoms with Crippen LogP contribution in [0.2, 0.25) is 0 Å². The van der Waals surface area contributed by atoms with E-state index in [0.29, 0.717) is 0 Å². The second-order valence-electron chi connectivity index (χ2n) is 1.64. The average Bonchev–Trinajstić information content (AvgIpc) is 1.91. The topological polar surface area (TPSA) is 0 Å². The predicted molar refractivity (Wildman–Crippen MR) is 45.3 cm³/mol. The maximum Gasteiger partial charge on any atom is 0.0277 e. The van der Waals surface area contributed by atoms with Crippen LogP contribution in [0.25, 0.3) is 0 Å². The monoisotopic (exact) mass is 140 g/mol. The van der Waals surface area contributed by atoms with E-state index in [-0.39, 0.29) is 0 Å². The summed E-state index contributed by atoms with van der Waals surface area (Å²) >= 11 is 1.78. The molecule has 0 N–H and O–H groups in total. The summed E-state index contributed by atoms with van der Waals surface area (Å²) in [6.07, 6.45) is 11.1. The quantitative estimate of drug-likeness (QED) is 0.543. The van der Waals surface area contributed by atoms with E-state index in [1.165, 1.54) is 4.91 Å². The average molecular weight is 140 g/mol. The summed E-state index contributed by atoms with van der Waals surface area (Å²) in [5.74, 6) is 2.58. The highest BCUT2D eigenvalue weighted by atomic mass is 32.2. The predicted octanol–water partition coefficient (Wildman–Crippen LogP) is 2.67. The molecule has 0 radical (unpaired) electrons. The molecule has 1 heteroatoms. The second-order valence-corrected chi connectivity index (χ2v) is 2.57. The molecule has 0 aromatic carbocycles. The van der Waals surface area contributed by atoms with Gasteiger partial charge < -0.3 is 0 Å². The molecule has 50 valence electrons. The Hall–Kier alpha value is -0.350. The van der Waals surface area contributed by atoms with E-state index in [1.54, 1.807) is 11.8 Å². The largest absolute Gasteiger partial charge is 0.134 e. The Morgan fingerprint density at radius 1 is 1.78 bits per heavy atom. The van der Waals surface area contributed by atoms with Crippen molar-refractivity contribution in [3.8, 4) is 12.3 Å². The zero-order valence-electron chi connectivity index (χ0n) is 5.98. The summed E-state index contributed by atoms with van der Waals surface area (Å²) in [7, 11) is 0. The highest BCUT2D eigenvalue weighted by molar-refractivity contribution is 8.02. The van der Waals surface area contributed by atoms with Gasteiger partial charge in [0.05, 0.1) is 0 Å². The highest BCUT2D eigenvalue weighted by Crippen LogP contribution is 2.14. The van der Waals surface area contributed by atoms with E-state index in [9.17, 15) is 0 Å². The van der Waals surface area contributed by atoms with Crippen LogP contribution < -0.4 is 0 Å². The minimum Gasteiger partial charge on any atom is -0.134 e. The molecule has 0 rings (SSSR count). The second kappa shape index (κ2) is 5.78. The highest BCUT2D eigenvalue weighted by Gasteiger charge is 1.86. The van der Waals surface area contributed by atoms with Crippen molar-refractivity contribution in [2.75, 3.05) is 6.26 Å². The molecule has 9 heavy (non-hydrogen) atoms.